The molecule has 0 heterocycles. The molecule has 9 heteroatoms. The number of carbonyl (C=O) groups excluding carboxylic acids is 2. The number of aryl methyl sites for hydroxylation is 2. The van der Waals surface area contributed by atoms with E-state index in [9.17, 15) is 14.9 Å². The molecule has 196 valence electrons. The number of amides is 2. The van der Waals surface area contributed by atoms with E-state index >= 15 is 0 Å². The summed E-state index contributed by atoms with van der Waals surface area (Å²) in [6.07, 6.45) is 1.44. The maximum atomic E-state index is 12.7. The fraction of sp³-hybridized carbons (Fsp3) is 0.207. The number of ether oxygens (including phenoxy) is 3. The van der Waals surface area contributed by atoms with Crippen molar-refractivity contribution in [1.29, 1.82) is 5.26 Å². The molecule has 2 N–H and O–H groups in total. The Hall–Kier alpha value is -4.29. The van der Waals surface area contributed by atoms with Crippen molar-refractivity contribution < 1.29 is 23.8 Å². The van der Waals surface area contributed by atoms with Crippen LogP contribution in [0.4, 0.5) is 11.4 Å². The van der Waals surface area contributed by atoms with Crippen LogP contribution in [0.1, 0.15) is 23.6 Å². The molecule has 8 nitrogen and oxygen atoms in total. The van der Waals surface area contributed by atoms with E-state index in [0.29, 0.717) is 39.6 Å². The average Bonchev–Trinajstić information content (AvgIpc) is 2.89. The number of rotatable bonds is 10. The van der Waals surface area contributed by atoms with Gasteiger partial charge in [-0.15, -0.1) is 0 Å². The molecule has 3 aromatic carbocycles. The normalized spacial score (nSPS) is 10.8. The van der Waals surface area contributed by atoms with Crippen LogP contribution in [-0.4, -0.2) is 32.1 Å². The summed E-state index contributed by atoms with van der Waals surface area (Å²) in [6, 6.07) is 17.9. The zero-order valence-electron chi connectivity index (χ0n) is 21.6. The third-order valence-corrected chi connectivity index (χ3v) is 5.95. The standard InChI is InChI=1S/C29H28BrN3O5/c1-5-37-23-10-8-22(9-11-23)32-29(35)21(16-31)13-20-14-24(30)28(26(15-20)36-4)38-17-27(34)33-25-12-18(2)6-7-19(25)3/h6-15H,5,17H2,1-4H3,(H,32,35)(H,33,34)/b21-13+. The molecule has 0 spiro atoms. The summed E-state index contributed by atoms with van der Waals surface area (Å²) >= 11 is 3.44. The first kappa shape index (κ1) is 28.3. The molecule has 0 aliphatic heterocycles. The van der Waals surface area contributed by atoms with Gasteiger partial charge in [0.1, 0.15) is 17.4 Å². The van der Waals surface area contributed by atoms with E-state index in [4.69, 9.17) is 14.2 Å². The minimum Gasteiger partial charge on any atom is -0.494 e. The van der Waals surface area contributed by atoms with Gasteiger partial charge in [-0.3, -0.25) is 9.59 Å². The molecule has 38 heavy (non-hydrogen) atoms. The molecule has 0 bridgehead atoms. The summed E-state index contributed by atoms with van der Waals surface area (Å²) in [4.78, 5) is 25.2. The summed E-state index contributed by atoms with van der Waals surface area (Å²) < 4.78 is 17.1. The SMILES string of the molecule is CCOc1ccc(NC(=O)/C(C#N)=C/c2cc(Br)c(OCC(=O)Nc3cc(C)ccc3C)c(OC)c2)cc1. The van der Waals surface area contributed by atoms with Crippen molar-refractivity contribution in [3.8, 4) is 23.3 Å². The third-order valence-electron chi connectivity index (χ3n) is 5.37. The van der Waals surface area contributed by atoms with Gasteiger partial charge in [-0.1, -0.05) is 12.1 Å². The Balaban J connectivity index is 1.72. The minimum absolute atomic E-state index is 0.102. The van der Waals surface area contributed by atoms with Crippen LogP contribution in [0.5, 0.6) is 17.2 Å². The summed E-state index contributed by atoms with van der Waals surface area (Å²) in [5.74, 6) is 0.445. The molecule has 0 fully saturated rings. The van der Waals surface area contributed by atoms with Crippen molar-refractivity contribution >= 4 is 45.2 Å². The fourth-order valence-corrected chi connectivity index (χ4v) is 4.05. The highest BCUT2D eigenvalue weighted by Gasteiger charge is 2.16. The van der Waals surface area contributed by atoms with Crippen LogP contribution in [0.3, 0.4) is 0 Å². The van der Waals surface area contributed by atoms with Crippen LogP contribution in [0, 0.1) is 25.2 Å². The number of nitriles is 1. The predicted molar refractivity (Wildman–Crippen MR) is 151 cm³/mol. The predicted octanol–water partition coefficient (Wildman–Crippen LogP) is 6.04. The number of nitrogens with zero attached hydrogens (tertiary/aromatic N) is 1. The Kier molecular flexibility index (Phi) is 9.91. The van der Waals surface area contributed by atoms with Crippen molar-refractivity contribution in [2.75, 3.05) is 31.0 Å². The van der Waals surface area contributed by atoms with E-state index in [2.05, 4.69) is 26.6 Å². The topological polar surface area (TPSA) is 110 Å². The van der Waals surface area contributed by atoms with E-state index in [1.54, 1.807) is 36.4 Å². The summed E-state index contributed by atoms with van der Waals surface area (Å²) in [6.45, 7) is 6.04. The van der Waals surface area contributed by atoms with E-state index in [1.807, 2.05) is 45.0 Å². The number of benzene rings is 3. The molecular formula is C29H28BrN3O5. The van der Waals surface area contributed by atoms with Crippen LogP contribution in [0.25, 0.3) is 6.08 Å². The zero-order chi connectivity index (χ0) is 27.7. The molecule has 0 aromatic heterocycles. The zero-order valence-corrected chi connectivity index (χ0v) is 23.1. The van der Waals surface area contributed by atoms with Gasteiger partial charge in [0.2, 0.25) is 0 Å². The van der Waals surface area contributed by atoms with Gasteiger partial charge in [0.25, 0.3) is 11.8 Å². The minimum atomic E-state index is -0.560. The Labute approximate surface area is 230 Å². The molecule has 2 amide bonds. The van der Waals surface area contributed by atoms with Crippen LogP contribution < -0.4 is 24.8 Å². The second-order valence-corrected chi connectivity index (χ2v) is 9.13. The average molecular weight is 578 g/mol. The van der Waals surface area contributed by atoms with Crippen molar-refractivity contribution in [3.63, 3.8) is 0 Å². The Morgan fingerprint density at radius 2 is 1.76 bits per heavy atom. The van der Waals surface area contributed by atoms with Gasteiger partial charge < -0.3 is 24.8 Å². The number of nitrogens with one attached hydrogen (secondary N) is 2. The van der Waals surface area contributed by atoms with Crippen molar-refractivity contribution in [1.82, 2.24) is 0 Å². The lowest BCUT2D eigenvalue weighted by Gasteiger charge is -2.14. The lowest BCUT2D eigenvalue weighted by Crippen LogP contribution is -2.21. The van der Waals surface area contributed by atoms with Crippen molar-refractivity contribution in [2.24, 2.45) is 0 Å². The number of hydrogen-bond acceptors (Lipinski definition) is 6. The largest absolute Gasteiger partial charge is 0.494 e. The number of methoxy groups -OCH3 is 1. The van der Waals surface area contributed by atoms with E-state index < -0.39 is 5.91 Å². The van der Waals surface area contributed by atoms with E-state index in [0.717, 1.165) is 16.8 Å². The van der Waals surface area contributed by atoms with Gasteiger partial charge >= 0.3 is 0 Å². The van der Waals surface area contributed by atoms with Crippen molar-refractivity contribution in [3.05, 3.63) is 81.3 Å². The highest BCUT2D eigenvalue weighted by molar-refractivity contribution is 9.10. The maximum absolute atomic E-state index is 12.7. The first-order valence-electron chi connectivity index (χ1n) is 11.8. The molecular weight excluding hydrogens is 550 g/mol. The molecule has 3 aromatic rings. The van der Waals surface area contributed by atoms with Crippen LogP contribution >= 0.6 is 15.9 Å². The Morgan fingerprint density at radius 3 is 2.42 bits per heavy atom. The lowest BCUT2D eigenvalue weighted by atomic mass is 10.1. The molecule has 0 aliphatic carbocycles. The van der Waals surface area contributed by atoms with Gasteiger partial charge in [0.05, 0.1) is 18.2 Å². The van der Waals surface area contributed by atoms with Gasteiger partial charge in [0.15, 0.2) is 18.1 Å². The molecule has 0 atom stereocenters. The number of carbonyl (C=O) groups is 2. The lowest BCUT2D eigenvalue weighted by molar-refractivity contribution is -0.118. The van der Waals surface area contributed by atoms with E-state index in [1.165, 1.54) is 13.2 Å². The highest BCUT2D eigenvalue weighted by Crippen LogP contribution is 2.37. The van der Waals surface area contributed by atoms with Crippen LogP contribution in [0.2, 0.25) is 0 Å². The molecule has 0 saturated heterocycles. The summed E-state index contributed by atoms with van der Waals surface area (Å²) in [7, 11) is 1.46. The highest BCUT2D eigenvalue weighted by atomic mass is 79.9. The molecule has 0 radical (unpaired) electrons. The fourth-order valence-electron chi connectivity index (χ4n) is 3.47. The summed E-state index contributed by atoms with van der Waals surface area (Å²) in [5, 5.41) is 15.1. The Bertz CT molecular complexity index is 1390. The smallest absolute Gasteiger partial charge is 0.266 e. The van der Waals surface area contributed by atoms with Gasteiger partial charge in [-0.05, 0) is 102 Å². The molecule has 3 rings (SSSR count). The van der Waals surface area contributed by atoms with E-state index in [-0.39, 0.29) is 18.1 Å². The third kappa shape index (κ3) is 7.60. The second-order valence-electron chi connectivity index (χ2n) is 8.27. The maximum Gasteiger partial charge on any atom is 0.266 e. The second kappa shape index (κ2) is 13.3. The van der Waals surface area contributed by atoms with Crippen LogP contribution in [-0.2, 0) is 9.59 Å². The van der Waals surface area contributed by atoms with Gasteiger partial charge in [-0.25, -0.2) is 0 Å². The molecule has 0 aliphatic rings. The monoisotopic (exact) mass is 577 g/mol. The number of anilines is 2. The van der Waals surface area contributed by atoms with Crippen LogP contribution in [0.15, 0.2) is 64.6 Å². The quantitative estimate of drug-likeness (QED) is 0.224. The Morgan fingerprint density at radius 1 is 1.03 bits per heavy atom. The number of hydrogen-bond donors (Lipinski definition) is 2. The first-order chi connectivity index (χ1) is 18.2. The van der Waals surface area contributed by atoms with Crippen molar-refractivity contribution in [2.45, 2.75) is 20.8 Å². The van der Waals surface area contributed by atoms with Gasteiger partial charge in [0, 0.05) is 11.4 Å². The molecule has 0 unspecified atom stereocenters. The first-order valence-corrected chi connectivity index (χ1v) is 12.6. The molecule has 0 saturated carbocycles. The number of halogens is 1. The summed E-state index contributed by atoms with van der Waals surface area (Å²) in [5.41, 5.74) is 3.65. The van der Waals surface area contributed by atoms with Gasteiger partial charge in [-0.2, -0.15) is 5.26 Å².